The summed E-state index contributed by atoms with van der Waals surface area (Å²) in [6.07, 6.45) is 2.11. The third kappa shape index (κ3) is 6.21. The fourth-order valence-electron chi connectivity index (χ4n) is 2.96. The van der Waals surface area contributed by atoms with Crippen LogP contribution >= 0.6 is 23.1 Å². The van der Waals surface area contributed by atoms with Crippen molar-refractivity contribution < 1.29 is 14.1 Å². The van der Waals surface area contributed by atoms with Crippen molar-refractivity contribution in [3.63, 3.8) is 0 Å². The largest absolute Gasteiger partial charge is 0.494 e. The Morgan fingerprint density at radius 2 is 1.97 bits per heavy atom. The second-order valence-corrected chi connectivity index (χ2v) is 9.55. The Kier molecular flexibility index (Phi) is 7.74. The number of benzene rings is 2. The quantitative estimate of drug-likeness (QED) is 0.164. The van der Waals surface area contributed by atoms with Crippen molar-refractivity contribution in [3.8, 4) is 17.1 Å². The van der Waals surface area contributed by atoms with Gasteiger partial charge < -0.3 is 9.26 Å². The van der Waals surface area contributed by atoms with Crippen molar-refractivity contribution in [3.05, 3.63) is 71.4 Å². The molecule has 0 aliphatic carbocycles. The van der Waals surface area contributed by atoms with Crippen LogP contribution in [-0.2, 0) is 5.75 Å². The van der Waals surface area contributed by atoms with Gasteiger partial charge in [-0.3, -0.25) is 10.1 Å². The van der Waals surface area contributed by atoms with Gasteiger partial charge in [0.25, 0.3) is 5.91 Å². The van der Waals surface area contributed by atoms with E-state index in [4.69, 9.17) is 9.26 Å². The minimum absolute atomic E-state index is 0.178. The van der Waals surface area contributed by atoms with Gasteiger partial charge in [0.2, 0.25) is 5.13 Å². The summed E-state index contributed by atoms with van der Waals surface area (Å²) in [6, 6.07) is 17.4. The van der Waals surface area contributed by atoms with Crippen molar-refractivity contribution in [2.24, 2.45) is 0 Å². The number of carbonyl (C=O) groups excluding carboxylic acids is 1. The van der Waals surface area contributed by atoms with E-state index in [1.165, 1.54) is 22.5 Å². The van der Waals surface area contributed by atoms with Crippen LogP contribution in [0.3, 0.4) is 0 Å². The summed E-state index contributed by atoms with van der Waals surface area (Å²) >= 11 is 2.92. The lowest BCUT2D eigenvalue weighted by Gasteiger charge is -2.05. The third-order valence-electron chi connectivity index (χ3n) is 4.89. The van der Waals surface area contributed by atoms with Crippen molar-refractivity contribution in [2.45, 2.75) is 36.8 Å². The van der Waals surface area contributed by atoms with Crippen LogP contribution < -0.4 is 10.1 Å². The van der Waals surface area contributed by atoms with Gasteiger partial charge in [-0.05, 0) is 48.7 Å². The first kappa shape index (κ1) is 23.0. The molecule has 1 N–H and O–H groups in total. The van der Waals surface area contributed by atoms with E-state index in [1.54, 1.807) is 17.8 Å². The fraction of sp³-hybridized carbons (Fsp3) is 0.250. The normalized spacial score (nSPS) is 10.8. The van der Waals surface area contributed by atoms with Crippen LogP contribution in [0, 0.1) is 6.92 Å². The van der Waals surface area contributed by atoms with E-state index in [2.05, 4.69) is 46.7 Å². The average Bonchev–Trinajstić information content (AvgIpc) is 3.49. The Labute approximate surface area is 200 Å². The molecular weight excluding hydrogens is 456 g/mol. The predicted octanol–water partition coefficient (Wildman–Crippen LogP) is 6.23. The van der Waals surface area contributed by atoms with E-state index in [0.29, 0.717) is 17.5 Å². The van der Waals surface area contributed by atoms with Gasteiger partial charge in [0.15, 0.2) is 15.8 Å². The summed E-state index contributed by atoms with van der Waals surface area (Å²) < 4.78 is 11.8. The smallest absolute Gasteiger partial charge is 0.279 e. The molecule has 9 heteroatoms. The lowest BCUT2D eigenvalue weighted by atomic mass is 10.1. The number of hydrogen-bond acceptors (Lipinski definition) is 8. The first-order chi connectivity index (χ1) is 16.1. The van der Waals surface area contributed by atoms with Gasteiger partial charge in [-0.2, -0.15) is 0 Å². The van der Waals surface area contributed by atoms with E-state index in [1.807, 2.05) is 36.4 Å². The Hall–Kier alpha value is -3.17. The highest BCUT2D eigenvalue weighted by atomic mass is 32.2. The number of ether oxygens (including phenoxy) is 1. The summed E-state index contributed by atoms with van der Waals surface area (Å²) in [4.78, 5) is 12.6. The lowest BCUT2D eigenvalue weighted by molar-refractivity contribution is 0.101. The number of anilines is 1. The molecular formula is C24H24N4O3S2. The predicted molar refractivity (Wildman–Crippen MR) is 131 cm³/mol. The summed E-state index contributed by atoms with van der Waals surface area (Å²) in [5.74, 6) is 1.71. The first-order valence-electron chi connectivity index (χ1n) is 10.6. The van der Waals surface area contributed by atoms with E-state index < -0.39 is 5.91 Å². The van der Waals surface area contributed by atoms with Gasteiger partial charge in [0, 0.05) is 17.4 Å². The Morgan fingerprint density at radius 1 is 1.15 bits per heavy atom. The maximum absolute atomic E-state index is 12.6. The molecule has 0 aliphatic heterocycles. The molecule has 2 heterocycles. The fourth-order valence-corrected chi connectivity index (χ4v) is 4.78. The van der Waals surface area contributed by atoms with E-state index in [0.717, 1.165) is 34.2 Å². The number of nitrogens with one attached hydrogen (secondary N) is 1. The standard InChI is InChI=1S/C24H24N4O3S2/c1-3-4-13-30-19-11-9-17(10-12-19)21-14-20(28-31-21)22(29)25-23-26-27-24(33-23)32-15-18-8-6-5-7-16(18)2/h5-12,14H,3-4,13,15H2,1-2H3,(H,25,26,29). The van der Waals surface area contributed by atoms with E-state index >= 15 is 0 Å². The van der Waals surface area contributed by atoms with Crippen LogP contribution in [0.5, 0.6) is 5.75 Å². The molecule has 0 spiro atoms. The second-order valence-electron chi connectivity index (χ2n) is 7.35. The van der Waals surface area contributed by atoms with E-state index in [9.17, 15) is 4.79 Å². The Balaban J connectivity index is 1.33. The van der Waals surface area contributed by atoms with E-state index in [-0.39, 0.29) is 5.69 Å². The van der Waals surface area contributed by atoms with Crippen molar-refractivity contribution in [1.29, 1.82) is 0 Å². The average molecular weight is 481 g/mol. The molecule has 0 unspecified atom stereocenters. The molecule has 170 valence electrons. The van der Waals surface area contributed by atoms with Gasteiger partial charge in [-0.15, -0.1) is 10.2 Å². The Bertz CT molecular complexity index is 1200. The molecule has 0 saturated heterocycles. The number of aromatic nitrogens is 3. The van der Waals surface area contributed by atoms with Crippen LogP contribution in [-0.4, -0.2) is 27.9 Å². The number of nitrogens with zero attached hydrogens (tertiary/aromatic N) is 3. The van der Waals surface area contributed by atoms with Gasteiger partial charge in [0.05, 0.1) is 6.61 Å². The summed E-state index contributed by atoms with van der Waals surface area (Å²) in [7, 11) is 0. The molecule has 2 aromatic carbocycles. The number of unbranched alkanes of at least 4 members (excludes halogenated alkanes) is 1. The van der Waals surface area contributed by atoms with Crippen LogP contribution in [0.25, 0.3) is 11.3 Å². The minimum Gasteiger partial charge on any atom is -0.494 e. The number of thioether (sulfide) groups is 1. The SMILES string of the molecule is CCCCOc1ccc(-c2cc(C(=O)Nc3nnc(SCc4ccccc4C)s3)no2)cc1. The topological polar surface area (TPSA) is 90.1 Å². The van der Waals surface area contributed by atoms with Gasteiger partial charge in [-0.25, -0.2) is 0 Å². The maximum atomic E-state index is 12.6. The molecule has 4 aromatic rings. The number of carbonyl (C=O) groups is 1. The highest BCUT2D eigenvalue weighted by Crippen LogP contribution is 2.29. The molecule has 1 amide bonds. The minimum atomic E-state index is -0.392. The van der Waals surface area contributed by atoms with Crippen molar-refractivity contribution in [2.75, 3.05) is 11.9 Å². The zero-order valence-electron chi connectivity index (χ0n) is 18.4. The molecule has 0 aliphatic rings. The summed E-state index contributed by atoms with van der Waals surface area (Å²) in [5, 5.41) is 15.3. The highest BCUT2D eigenvalue weighted by molar-refractivity contribution is 8.00. The molecule has 4 rings (SSSR count). The lowest BCUT2D eigenvalue weighted by Crippen LogP contribution is -2.11. The molecule has 0 saturated carbocycles. The summed E-state index contributed by atoms with van der Waals surface area (Å²) in [5.41, 5.74) is 3.48. The van der Waals surface area contributed by atoms with Gasteiger partial charge in [0.1, 0.15) is 5.75 Å². The molecule has 2 aromatic heterocycles. The number of amides is 1. The van der Waals surface area contributed by atoms with Crippen LogP contribution in [0.2, 0.25) is 0 Å². The first-order valence-corrected chi connectivity index (χ1v) is 12.4. The maximum Gasteiger partial charge on any atom is 0.279 e. The number of rotatable bonds is 10. The van der Waals surface area contributed by atoms with Crippen LogP contribution in [0.15, 0.2) is 63.5 Å². The molecule has 0 radical (unpaired) electrons. The molecule has 7 nitrogen and oxygen atoms in total. The van der Waals surface area contributed by atoms with Crippen molar-refractivity contribution >= 4 is 34.1 Å². The number of aryl methyl sites for hydroxylation is 1. The van der Waals surface area contributed by atoms with Crippen molar-refractivity contribution in [1.82, 2.24) is 15.4 Å². The van der Waals surface area contributed by atoms with Crippen LogP contribution in [0.1, 0.15) is 41.4 Å². The second kappa shape index (κ2) is 11.1. The third-order valence-corrected chi connectivity index (χ3v) is 6.91. The number of hydrogen-bond donors (Lipinski definition) is 1. The summed E-state index contributed by atoms with van der Waals surface area (Å²) in [6.45, 7) is 4.91. The molecule has 0 fully saturated rings. The van der Waals surface area contributed by atoms with Gasteiger partial charge >= 0.3 is 0 Å². The monoisotopic (exact) mass is 480 g/mol. The molecule has 33 heavy (non-hydrogen) atoms. The Morgan fingerprint density at radius 3 is 2.76 bits per heavy atom. The van der Waals surface area contributed by atoms with Crippen LogP contribution in [0.4, 0.5) is 5.13 Å². The zero-order chi connectivity index (χ0) is 23.0. The van der Waals surface area contributed by atoms with Gasteiger partial charge in [-0.1, -0.05) is 65.9 Å². The zero-order valence-corrected chi connectivity index (χ0v) is 20.0. The molecule has 0 bridgehead atoms. The highest BCUT2D eigenvalue weighted by Gasteiger charge is 2.16. The molecule has 0 atom stereocenters.